The van der Waals surface area contributed by atoms with Gasteiger partial charge in [-0.1, -0.05) is 11.6 Å². The Bertz CT molecular complexity index is 750. The number of nitrogens with zero attached hydrogens (tertiary/aromatic N) is 1. The van der Waals surface area contributed by atoms with Crippen LogP contribution in [0.5, 0.6) is 0 Å². The van der Waals surface area contributed by atoms with E-state index in [1.54, 1.807) is 0 Å². The van der Waals surface area contributed by atoms with Crippen molar-refractivity contribution in [1.29, 1.82) is 0 Å². The van der Waals surface area contributed by atoms with Crippen molar-refractivity contribution in [3.05, 3.63) is 42.4 Å². The summed E-state index contributed by atoms with van der Waals surface area (Å²) < 4.78 is 26.1. The van der Waals surface area contributed by atoms with Gasteiger partial charge in [-0.05, 0) is 19.1 Å². The molecule has 0 saturated carbocycles. The predicted molar refractivity (Wildman–Crippen MR) is 79.1 cm³/mol. The first-order valence-electron chi connectivity index (χ1n) is 5.28. The van der Waals surface area contributed by atoms with Gasteiger partial charge in [0.05, 0.1) is 4.92 Å². The number of nitrogens with one attached hydrogen (secondary N) is 1. The Labute approximate surface area is 128 Å². The zero-order chi connectivity index (χ0) is 14.9. The van der Waals surface area contributed by atoms with Crippen LogP contribution < -0.4 is 4.72 Å². The summed E-state index contributed by atoms with van der Waals surface area (Å²) in [6, 6.07) is 4.68. The van der Waals surface area contributed by atoms with E-state index in [0.29, 0.717) is 11.3 Å². The lowest BCUT2D eigenvalue weighted by molar-refractivity contribution is -0.384. The Morgan fingerprint density at radius 1 is 1.40 bits per heavy atom. The Hall–Kier alpha value is -1.00. The van der Waals surface area contributed by atoms with Gasteiger partial charge in [-0.25, -0.2) is 13.1 Å². The third-order valence-corrected chi connectivity index (χ3v) is 6.55. The number of thiophene rings is 2. The van der Waals surface area contributed by atoms with E-state index in [-0.39, 0.29) is 15.1 Å². The van der Waals surface area contributed by atoms with Gasteiger partial charge in [-0.15, -0.1) is 22.7 Å². The lowest BCUT2D eigenvalue weighted by atomic mass is 10.4. The number of hydrogen-bond acceptors (Lipinski definition) is 6. The maximum absolute atomic E-state index is 12.0. The van der Waals surface area contributed by atoms with E-state index in [1.807, 2.05) is 19.1 Å². The molecule has 2 aromatic heterocycles. The third-order valence-electron chi connectivity index (χ3n) is 2.34. The second-order valence-electron chi connectivity index (χ2n) is 3.82. The fourth-order valence-electron chi connectivity index (χ4n) is 1.41. The van der Waals surface area contributed by atoms with Gasteiger partial charge in [-0.3, -0.25) is 10.1 Å². The topological polar surface area (TPSA) is 89.3 Å². The highest BCUT2D eigenvalue weighted by atomic mass is 35.5. The van der Waals surface area contributed by atoms with Gasteiger partial charge < -0.3 is 0 Å². The van der Waals surface area contributed by atoms with E-state index in [0.717, 1.165) is 15.8 Å². The number of halogens is 1. The zero-order valence-corrected chi connectivity index (χ0v) is 13.3. The molecule has 0 saturated heterocycles. The first kappa shape index (κ1) is 15.4. The molecule has 0 aromatic carbocycles. The summed E-state index contributed by atoms with van der Waals surface area (Å²) >= 11 is 7.80. The Balaban J connectivity index is 2.18. The largest absolute Gasteiger partial charge is 0.300 e. The van der Waals surface area contributed by atoms with Gasteiger partial charge in [0, 0.05) is 22.4 Å². The summed E-state index contributed by atoms with van der Waals surface area (Å²) in [5.41, 5.74) is -0.399. The SMILES string of the molecule is Cc1ccc(CNS(=O)(=O)c2cc([N+](=O)[O-])c(Cl)s2)s1. The molecule has 1 N–H and O–H groups in total. The van der Waals surface area contributed by atoms with E-state index in [9.17, 15) is 18.5 Å². The average Bonchev–Trinajstić information content (AvgIpc) is 2.93. The highest BCUT2D eigenvalue weighted by molar-refractivity contribution is 7.91. The molecule has 0 bridgehead atoms. The van der Waals surface area contributed by atoms with E-state index < -0.39 is 20.6 Å². The van der Waals surface area contributed by atoms with Crippen LogP contribution in [0.3, 0.4) is 0 Å². The van der Waals surface area contributed by atoms with E-state index in [4.69, 9.17) is 11.6 Å². The zero-order valence-electron chi connectivity index (χ0n) is 10.1. The second-order valence-corrected chi connectivity index (χ2v) is 8.84. The van der Waals surface area contributed by atoms with Crippen molar-refractivity contribution in [2.45, 2.75) is 17.7 Å². The molecule has 10 heteroatoms. The van der Waals surface area contributed by atoms with Crippen LogP contribution in [0.15, 0.2) is 22.4 Å². The third kappa shape index (κ3) is 3.36. The first-order chi connectivity index (χ1) is 9.29. The molecule has 108 valence electrons. The summed E-state index contributed by atoms with van der Waals surface area (Å²) in [5, 5.41) is 10.7. The van der Waals surface area contributed by atoms with Gasteiger partial charge in [0.25, 0.3) is 15.7 Å². The van der Waals surface area contributed by atoms with Crippen LogP contribution in [0.1, 0.15) is 9.75 Å². The molecule has 0 fully saturated rings. The molecule has 0 aliphatic heterocycles. The fourth-order valence-corrected chi connectivity index (χ4v) is 5.05. The van der Waals surface area contributed by atoms with Crippen molar-refractivity contribution >= 4 is 50.0 Å². The van der Waals surface area contributed by atoms with E-state index in [1.165, 1.54) is 11.3 Å². The molecule has 2 rings (SSSR count). The van der Waals surface area contributed by atoms with Crippen molar-refractivity contribution in [3.63, 3.8) is 0 Å². The van der Waals surface area contributed by atoms with Crippen LogP contribution in [-0.4, -0.2) is 13.3 Å². The Morgan fingerprint density at radius 2 is 2.10 bits per heavy atom. The quantitative estimate of drug-likeness (QED) is 0.661. The van der Waals surface area contributed by atoms with Crippen LogP contribution in [0.2, 0.25) is 4.34 Å². The Kier molecular flexibility index (Phi) is 4.45. The van der Waals surface area contributed by atoms with Crippen molar-refractivity contribution < 1.29 is 13.3 Å². The molecule has 2 heterocycles. The normalized spacial score (nSPS) is 11.7. The summed E-state index contributed by atoms with van der Waals surface area (Å²) in [6.45, 7) is 2.06. The standard InChI is InChI=1S/C10H9ClN2O4S3/c1-6-2-3-7(18-6)5-12-20(16,17)9-4-8(13(14)15)10(11)19-9/h2-4,12H,5H2,1H3. The van der Waals surface area contributed by atoms with Gasteiger partial charge in [0.1, 0.15) is 4.21 Å². The maximum atomic E-state index is 12.0. The average molecular weight is 353 g/mol. The fraction of sp³-hybridized carbons (Fsp3) is 0.200. The van der Waals surface area contributed by atoms with Crippen LogP contribution >= 0.6 is 34.3 Å². The molecule has 6 nitrogen and oxygen atoms in total. The Morgan fingerprint density at radius 3 is 2.60 bits per heavy atom. The summed E-state index contributed by atoms with van der Waals surface area (Å²) in [7, 11) is -3.80. The predicted octanol–water partition coefficient (Wildman–Crippen LogP) is 3.16. The molecule has 0 radical (unpaired) electrons. The molecule has 0 unspecified atom stereocenters. The highest BCUT2D eigenvalue weighted by Gasteiger charge is 2.25. The number of rotatable bonds is 5. The summed E-state index contributed by atoms with van der Waals surface area (Å²) in [6.07, 6.45) is 0. The minimum atomic E-state index is -3.80. The van der Waals surface area contributed by atoms with Crippen molar-refractivity contribution in [3.8, 4) is 0 Å². The van der Waals surface area contributed by atoms with Crippen molar-refractivity contribution in [2.75, 3.05) is 0 Å². The van der Waals surface area contributed by atoms with Gasteiger partial charge in [0.15, 0.2) is 4.34 Å². The molecule has 20 heavy (non-hydrogen) atoms. The maximum Gasteiger partial charge on any atom is 0.300 e. The molecule has 0 amide bonds. The minimum absolute atomic E-state index is 0.143. The molecule has 2 aromatic rings. The lowest BCUT2D eigenvalue weighted by Gasteiger charge is -2.02. The van der Waals surface area contributed by atoms with Crippen LogP contribution in [0.4, 0.5) is 5.69 Å². The smallest absolute Gasteiger partial charge is 0.258 e. The van der Waals surface area contributed by atoms with Gasteiger partial charge >= 0.3 is 0 Å². The van der Waals surface area contributed by atoms with Crippen molar-refractivity contribution in [2.24, 2.45) is 0 Å². The van der Waals surface area contributed by atoms with Crippen LogP contribution in [0.25, 0.3) is 0 Å². The summed E-state index contributed by atoms with van der Waals surface area (Å²) in [5.74, 6) is 0. The van der Waals surface area contributed by atoms with E-state index >= 15 is 0 Å². The van der Waals surface area contributed by atoms with Gasteiger partial charge in [-0.2, -0.15) is 0 Å². The number of aryl methyl sites for hydroxylation is 1. The number of sulfonamides is 1. The first-order valence-corrected chi connectivity index (χ1v) is 8.78. The van der Waals surface area contributed by atoms with Gasteiger partial charge in [0.2, 0.25) is 0 Å². The molecule has 0 aliphatic rings. The highest BCUT2D eigenvalue weighted by Crippen LogP contribution is 2.36. The molecule has 0 aliphatic carbocycles. The summed E-state index contributed by atoms with van der Waals surface area (Å²) in [4.78, 5) is 11.9. The lowest BCUT2D eigenvalue weighted by Crippen LogP contribution is -2.21. The molecule has 0 atom stereocenters. The minimum Gasteiger partial charge on any atom is -0.258 e. The monoisotopic (exact) mass is 352 g/mol. The molecular formula is C10H9ClN2O4S3. The molecule has 0 spiro atoms. The van der Waals surface area contributed by atoms with Crippen LogP contribution in [-0.2, 0) is 16.6 Å². The number of nitro groups is 1. The number of hydrogen-bond donors (Lipinski definition) is 1. The van der Waals surface area contributed by atoms with Crippen molar-refractivity contribution in [1.82, 2.24) is 4.72 Å². The second kappa shape index (κ2) is 5.78. The molecular weight excluding hydrogens is 344 g/mol. The van der Waals surface area contributed by atoms with E-state index in [2.05, 4.69) is 4.72 Å². The van der Waals surface area contributed by atoms with Crippen LogP contribution in [0, 0.1) is 17.0 Å².